The SMILES string of the molecule is CSc1cccc(NC(=O)c2cccc3c2C(=O)N(C[C@@H]2CCCO2)C3)c1. The number of hydrogen-bond donors (Lipinski definition) is 1. The Labute approximate surface area is 163 Å². The minimum Gasteiger partial charge on any atom is -0.376 e. The van der Waals surface area contributed by atoms with Crippen LogP contribution < -0.4 is 5.32 Å². The average molecular weight is 382 g/mol. The Balaban J connectivity index is 1.54. The zero-order valence-electron chi connectivity index (χ0n) is 15.2. The van der Waals surface area contributed by atoms with Crippen molar-refractivity contribution in [1.82, 2.24) is 4.90 Å². The highest BCUT2D eigenvalue weighted by Crippen LogP contribution is 2.28. The zero-order valence-corrected chi connectivity index (χ0v) is 16.1. The van der Waals surface area contributed by atoms with E-state index >= 15 is 0 Å². The second-order valence-electron chi connectivity index (χ2n) is 6.85. The first kappa shape index (κ1) is 18.1. The van der Waals surface area contributed by atoms with Gasteiger partial charge in [-0.3, -0.25) is 9.59 Å². The van der Waals surface area contributed by atoms with E-state index in [0.29, 0.717) is 24.2 Å². The van der Waals surface area contributed by atoms with Gasteiger partial charge in [-0.2, -0.15) is 0 Å². The fraction of sp³-hybridized carbons (Fsp3) is 0.333. The molecule has 0 unspecified atom stereocenters. The van der Waals surface area contributed by atoms with Crippen LogP contribution >= 0.6 is 11.8 Å². The van der Waals surface area contributed by atoms with Gasteiger partial charge >= 0.3 is 0 Å². The van der Waals surface area contributed by atoms with Crippen molar-refractivity contribution in [2.75, 3.05) is 24.7 Å². The molecule has 2 amide bonds. The fourth-order valence-electron chi connectivity index (χ4n) is 3.69. The lowest BCUT2D eigenvalue weighted by Gasteiger charge is -2.19. The molecule has 140 valence electrons. The van der Waals surface area contributed by atoms with Crippen LogP contribution in [0.1, 0.15) is 39.1 Å². The molecule has 2 aromatic rings. The van der Waals surface area contributed by atoms with Crippen molar-refractivity contribution in [1.29, 1.82) is 0 Å². The molecule has 0 radical (unpaired) electrons. The fourth-order valence-corrected chi connectivity index (χ4v) is 4.15. The number of ether oxygens (including phenoxy) is 1. The Morgan fingerprint density at radius 2 is 2.15 bits per heavy atom. The van der Waals surface area contributed by atoms with E-state index < -0.39 is 0 Å². The predicted molar refractivity (Wildman–Crippen MR) is 106 cm³/mol. The Morgan fingerprint density at radius 3 is 2.93 bits per heavy atom. The van der Waals surface area contributed by atoms with Gasteiger partial charge in [-0.25, -0.2) is 0 Å². The first-order valence-electron chi connectivity index (χ1n) is 9.14. The van der Waals surface area contributed by atoms with E-state index in [0.717, 1.165) is 35.6 Å². The summed E-state index contributed by atoms with van der Waals surface area (Å²) in [7, 11) is 0. The molecule has 2 heterocycles. The summed E-state index contributed by atoms with van der Waals surface area (Å²) in [5, 5.41) is 2.92. The number of thioether (sulfide) groups is 1. The highest BCUT2D eigenvalue weighted by atomic mass is 32.2. The number of nitrogens with one attached hydrogen (secondary N) is 1. The largest absolute Gasteiger partial charge is 0.376 e. The lowest BCUT2D eigenvalue weighted by Crippen LogP contribution is -2.32. The molecule has 5 nitrogen and oxygen atoms in total. The minimum atomic E-state index is -0.252. The van der Waals surface area contributed by atoms with Crippen LogP contribution in [-0.2, 0) is 11.3 Å². The molecule has 1 fully saturated rings. The lowest BCUT2D eigenvalue weighted by atomic mass is 10.0. The molecular formula is C21H22N2O3S. The van der Waals surface area contributed by atoms with E-state index in [1.165, 1.54) is 0 Å². The maximum Gasteiger partial charge on any atom is 0.256 e. The van der Waals surface area contributed by atoms with E-state index in [4.69, 9.17) is 4.74 Å². The average Bonchev–Trinajstić information content (AvgIpc) is 3.30. The summed E-state index contributed by atoms with van der Waals surface area (Å²) in [6.07, 6.45) is 4.13. The molecule has 0 aromatic heterocycles. The van der Waals surface area contributed by atoms with Crippen molar-refractivity contribution in [3.8, 4) is 0 Å². The van der Waals surface area contributed by atoms with Crippen LogP contribution in [0.25, 0.3) is 0 Å². The van der Waals surface area contributed by atoms with Gasteiger partial charge in [-0.05, 0) is 48.9 Å². The van der Waals surface area contributed by atoms with E-state index in [2.05, 4.69) is 5.32 Å². The summed E-state index contributed by atoms with van der Waals surface area (Å²) in [6.45, 7) is 1.89. The lowest BCUT2D eigenvalue weighted by molar-refractivity contribution is 0.0544. The molecule has 27 heavy (non-hydrogen) atoms. The molecule has 0 spiro atoms. The van der Waals surface area contributed by atoms with Crippen molar-refractivity contribution in [3.63, 3.8) is 0 Å². The van der Waals surface area contributed by atoms with Gasteiger partial charge in [0, 0.05) is 30.3 Å². The minimum absolute atomic E-state index is 0.0795. The first-order valence-corrected chi connectivity index (χ1v) is 10.4. The Bertz CT molecular complexity index is 877. The van der Waals surface area contributed by atoms with E-state index in [1.54, 1.807) is 22.7 Å². The number of anilines is 1. The standard InChI is InChI=1S/C21H22N2O3S/c1-27-17-8-3-6-15(11-17)22-20(24)18-9-2-5-14-12-23(21(25)19(14)18)13-16-7-4-10-26-16/h2-3,5-6,8-9,11,16H,4,7,10,12-13H2,1H3,(H,22,24)/t16-/m0/s1. The van der Waals surface area contributed by atoms with Gasteiger partial charge in [0.2, 0.25) is 0 Å². The molecule has 1 N–H and O–H groups in total. The maximum absolute atomic E-state index is 12.9. The molecule has 0 bridgehead atoms. The van der Waals surface area contributed by atoms with Crippen LogP contribution in [0, 0.1) is 0 Å². The number of fused-ring (bicyclic) bond motifs is 1. The summed E-state index contributed by atoms with van der Waals surface area (Å²) in [6, 6.07) is 13.2. The van der Waals surface area contributed by atoms with E-state index in [1.807, 2.05) is 42.7 Å². The van der Waals surface area contributed by atoms with Crippen LogP contribution in [0.2, 0.25) is 0 Å². The van der Waals surface area contributed by atoms with Crippen molar-refractivity contribution >= 4 is 29.3 Å². The summed E-state index contributed by atoms with van der Waals surface area (Å²) >= 11 is 1.62. The number of carbonyl (C=O) groups excluding carboxylic acids is 2. The molecule has 6 heteroatoms. The second kappa shape index (κ2) is 7.74. The van der Waals surface area contributed by atoms with Crippen LogP contribution in [0.5, 0.6) is 0 Å². The molecule has 1 saturated heterocycles. The number of carbonyl (C=O) groups is 2. The number of hydrogen-bond acceptors (Lipinski definition) is 4. The second-order valence-corrected chi connectivity index (χ2v) is 7.73. The molecule has 2 aromatic carbocycles. The maximum atomic E-state index is 12.9. The van der Waals surface area contributed by atoms with Crippen molar-refractivity contribution < 1.29 is 14.3 Å². The quantitative estimate of drug-likeness (QED) is 0.799. The third-order valence-electron chi connectivity index (χ3n) is 5.03. The van der Waals surface area contributed by atoms with Crippen LogP contribution in [0.3, 0.4) is 0 Å². The normalized spacial score (nSPS) is 18.6. The molecule has 0 saturated carbocycles. The van der Waals surface area contributed by atoms with E-state index in [-0.39, 0.29) is 17.9 Å². The molecular weight excluding hydrogens is 360 g/mol. The molecule has 2 aliphatic heterocycles. The zero-order chi connectivity index (χ0) is 18.8. The highest BCUT2D eigenvalue weighted by molar-refractivity contribution is 7.98. The number of rotatable bonds is 5. The van der Waals surface area contributed by atoms with Crippen LogP contribution in [0.15, 0.2) is 47.4 Å². The molecule has 4 rings (SSSR count). The predicted octanol–water partition coefficient (Wildman–Crippen LogP) is 3.80. The summed E-state index contributed by atoms with van der Waals surface area (Å²) in [4.78, 5) is 28.7. The summed E-state index contributed by atoms with van der Waals surface area (Å²) in [5.41, 5.74) is 2.59. The number of benzene rings is 2. The smallest absolute Gasteiger partial charge is 0.256 e. The molecule has 0 aliphatic carbocycles. The Hall–Kier alpha value is -2.31. The third-order valence-corrected chi connectivity index (χ3v) is 5.76. The summed E-state index contributed by atoms with van der Waals surface area (Å²) in [5.74, 6) is -0.332. The van der Waals surface area contributed by atoms with Crippen LogP contribution in [0.4, 0.5) is 5.69 Å². The number of nitrogens with zero attached hydrogens (tertiary/aromatic N) is 1. The first-order chi connectivity index (χ1) is 13.2. The highest BCUT2D eigenvalue weighted by Gasteiger charge is 2.33. The number of amides is 2. The third kappa shape index (κ3) is 3.73. The van der Waals surface area contributed by atoms with Crippen molar-refractivity contribution in [2.45, 2.75) is 30.4 Å². The van der Waals surface area contributed by atoms with Gasteiger partial charge < -0.3 is 15.0 Å². The Morgan fingerprint density at radius 1 is 1.30 bits per heavy atom. The van der Waals surface area contributed by atoms with E-state index in [9.17, 15) is 9.59 Å². The molecule has 2 aliphatic rings. The summed E-state index contributed by atoms with van der Waals surface area (Å²) < 4.78 is 5.67. The Kier molecular flexibility index (Phi) is 5.18. The monoisotopic (exact) mass is 382 g/mol. The van der Waals surface area contributed by atoms with Gasteiger partial charge in [-0.1, -0.05) is 18.2 Å². The van der Waals surface area contributed by atoms with Crippen molar-refractivity contribution in [3.05, 3.63) is 59.2 Å². The van der Waals surface area contributed by atoms with Gasteiger partial charge in [-0.15, -0.1) is 11.8 Å². The van der Waals surface area contributed by atoms with Gasteiger partial charge in [0.25, 0.3) is 11.8 Å². The van der Waals surface area contributed by atoms with Gasteiger partial charge in [0.1, 0.15) is 0 Å². The van der Waals surface area contributed by atoms with Crippen LogP contribution in [-0.4, -0.2) is 42.2 Å². The van der Waals surface area contributed by atoms with Gasteiger partial charge in [0.15, 0.2) is 0 Å². The molecule has 1 atom stereocenters. The van der Waals surface area contributed by atoms with Gasteiger partial charge in [0.05, 0.1) is 17.2 Å². The van der Waals surface area contributed by atoms with Crippen molar-refractivity contribution in [2.24, 2.45) is 0 Å². The topological polar surface area (TPSA) is 58.6 Å².